The van der Waals surface area contributed by atoms with E-state index in [1.165, 1.54) is 0 Å². The molecule has 0 saturated carbocycles. The lowest BCUT2D eigenvalue weighted by Gasteiger charge is -2.14. The van der Waals surface area contributed by atoms with Crippen molar-refractivity contribution in [2.24, 2.45) is 0 Å². The highest BCUT2D eigenvalue weighted by Gasteiger charge is 2.42. The second-order valence-corrected chi connectivity index (χ2v) is 2.34. The second-order valence-electron chi connectivity index (χ2n) is 1.78. The van der Waals surface area contributed by atoms with Crippen molar-refractivity contribution in [3.05, 3.63) is 0 Å². The molecule has 0 atom stereocenters. The van der Waals surface area contributed by atoms with E-state index in [1.54, 1.807) is 0 Å². The molecule has 0 aromatic carbocycles. The molecule has 0 saturated heterocycles. The number of hydrogen-bond donors (Lipinski definition) is 0. The maximum atomic E-state index is 11.9. The van der Waals surface area contributed by atoms with E-state index in [9.17, 15) is 22.0 Å². The Hall–Kier alpha value is 0.130. The van der Waals surface area contributed by atoms with E-state index in [0.717, 1.165) is 0 Å². The van der Waals surface area contributed by atoms with Gasteiger partial charge in [0.25, 0.3) is 5.92 Å². The molecule has 0 heterocycles. The van der Waals surface area contributed by atoms with Crippen molar-refractivity contribution in [2.45, 2.75) is 18.5 Å². The monoisotopic (exact) mass is 226 g/mol. The predicted molar refractivity (Wildman–Crippen MR) is 29.4 cm³/mol. The van der Waals surface area contributed by atoms with Gasteiger partial charge in [-0.25, -0.2) is 8.78 Å². The first kappa shape index (κ1) is 10.1. The summed E-state index contributed by atoms with van der Waals surface area (Å²) in [6.07, 6.45) is -6.86. The quantitative estimate of drug-likeness (QED) is 0.502. The molecule has 6 heteroatoms. The molecule has 62 valence electrons. The van der Waals surface area contributed by atoms with Crippen molar-refractivity contribution in [1.82, 2.24) is 0 Å². The van der Waals surface area contributed by atoms with Gasteiger partial charge in [0.2, 0.25) is 0 Å². The summed E-state index contributed by atoms with van der Waals surface area (Å²) >= 11 is 2.27. The van der Waals surface area contributed by atoms with Crippen LogP contribution in [-0.2, 0) is 0 Å². The molecule has 0 N–H and O–H groups in total. The van der Waals surface area contributed by atoms with E-state index in [-0.39, 0.29) is 0 Å². The van der Waals surface area contributed by atoms with Gasteiger partial charge in [-0.3, -0.25) is 0 Å². The Labute approximate surface area is 62.5 Å². The largest absolute Gasteiger partial charge is 0.394 e. The molecule has 0 bridgehead atoms. The molecule has 0 fully saturated rings. The van der Waals surface area contributed by atoms with Gasteiger partial charge in [-0.2, -0.15) is 13.2 Å². The average Bonchev–Trinajstić information content (AvgIpc) is 1.60. The average molecular weight is 227 g/mol. The van der Waals surface area contributed by atoms with Gasteiger partial charge in [-0.15, -0.1) is 0 Å². The molecule has 0 unspecified atom stereocenters. The summed E-state index contributed by atoms with van der Waals surface area (Å²) < 4.78 is 57.5. The SMILES string of the molecule is FC(F)(F)CC(F)(F)CBr. The maximum Gasteiger partial charge on any atom is 0.394 e. The smallest absolute Gasteiger partial charge is 0.206 e. The summed E-state index contributed by atoms with van der Waals surface area (Å²) in [6.45, 7) is 0. The standard InChI is InChI=1S/C4H4BrF5/c5-2-3(6,7)1-4(8,9)10/h1-2H2. The Morgan fingerprint density at radius 3 is 1.50 bits per heavy atom. The van der Waals surface area contributed by atoms with Crippen LogP contribution in [0.25, 0.3) is 0 Å². The zero-order valence-corrected chi connectivity index (χ0v) is 6.27. The van der Waals surface area contributed by atoms with Gasteiger partial charge in [0.05, 0.1) is 5.33 Å². The Morgan fingerprint density at radius 1 is 1.00 bits per heavy atom. The van der Waals surface area contributed by atoms with E-state index in [0.29, 0.717) is 0 Å². The van der Waals surface area contributed by atoms with Crippen molar-refractivity contribution in [2.75, 3.05) is 5.33 Å². The van der Waals surface area contributed by atoms with Crippen LogP contribution in [0, 0.1) is 0 Å². The summed E-state index contributed by atoms with van der Waals surface area (Å²) in [6, 6.07) is 0. The molecule has 0 spiro atoms. The Balaban J connectivity index is 3.89. The van der Waals surface area contributed by atoms with Gasteiger partial charge in [0.1, 0.15) is 6.42 Å². The molecular formula is C4H4BrF5. The van der Waals surface area contributed by atoms with Crippen LogP contribution in [0.1, 0.15) is 6.42 Å². The van der Waals surface area contributed by atoms with Gasteiger partial charge >= 0.3 is 6.18 Å². The molecule has 0 amide bonds. The number of halogens is 6. The first-order chi connectivity index (χ1) is 4.27. The fourth-order valence-corrected chi connectivity index (χ4v) is 0.539. The van der Waals surface area contributed by atoms with Crippen LogP contribution in [0.2, 0.25) is 0 Å². The van der Waals surface area contributed by atoms with Gasteiger partial charge < -0.3 is 0 Å². The van der Waals surface area contributed by atoms with E-state index in [4.69, 9.17) is 0 Å². The van der Waals surface area contributed by atoms with Crippen molar-refractivity contribution in [3.63, 3.8) is 0 Å². The minimum Gasteiger partial charge on any atom is -0.206 e. The molecular weight excluding hydrogens is 223 g/mol. The third-order valence-electron chi connectivity index (χ3n) is 0.655. The number of alkyl halides is 6. The summed E-state index contributed by atoms with van der Waals surface area (Å²) in [5.74, 6) is -3.68. The third-order valence-corrected chi connectivity index (χ3v) is 1.47. The molecule has 0 aliphatic rings. The molecule has 0 aliphatic heterocycles. The van der Waals surface area contributed by atoms with Crippen molar-refractivity contribution >= 4 is 15.9 Å². The first-order valence-corrected chi connectivity index (χ1v) is 3.39. The summed E-state index contributed by atoms with van der Waals surface area (Å²) in [5.41, 5.74) is 0. The van der Waals surface area contributed by atoms with E-state index in [2.05, 4.69) is 15.9 Å². The highest BCUT2D eigenvalue weighted by atomic mass is 79.9. The Kier molecular flexibility index (Phi) is 3.06. The molecule has 0 nitrogen and oxygen atoms in total. The van der Waals surface area contributed by atoms with Crippen LogP contribution >= 0.6 is 15.9 Å². The topological polar surface area (TPSA) is 0 Å². The predicted octanol–water partition coefficient (Wildman–Crippen LogP) is 2.97. The first-order valence-electron chi connectivity index (χ1n) is 2.27. The second kappa shape index (κ2) is 3.02. The highest BCUT2D eigenvalue weighted by Crippen LogP contribution is 2.32. The number of rotatable bonds is 2. The van der Waals surface area contributed by atoms with Crippen LogP contribution in [0.3, 0.4) is 0 Å². The summed E-state index contributed by atoms with van der Waals surface area (Å²) in [5, 5.41) is -0.959. The zero-order chi connectivity index (χ0) is 8.41. The lowest BCUT2D eigenvalue weighted by molar-refractivity contribution is -0.180. The van der Waals surface area contributed by atoms with Gasteiger partial charge in [0, 0.05) is 0 Å². The molecule has 10 heavy (non-hydrogen) atoms. The van der Waals surface area contributed by atoms with E-state index in [1.807, 2.05) is 0 Å². The lowest BCUT2D eigenvalue weighted by atomic mass is 10.3. The molecule has 0 radical (unpaired) electrons. The molecule has 0 aromatic heterocycles. The molecule has 0 aliphatic carbocycles. The van der Waals surface area contributed by atoms with Crippen molar-refractivity contribution < 1.29 is 22.0 Å². The normalized spacial score (nSPS) is 13.8. The Morgan fingerprint density at radius 2 is 1.40 bits per heavy atom. The van der Waals surface area contributed by atoms with Crippen molar-refractivity contribution in [3.8, 4) is 0 Å². The van der Waals surface area contributed by atoms with Crippen LogP contribution in [0.4, 0.5) is 22.0 Å². The number of hydrogen-bond acceptors (Lipinski definition) is 0. The molecule has 0 rings (SSSR count). The lowest BCUT2D eigenvalue weighted by Crippen LogP contribution is -2.26. The fraction of sp³-hybridized carbons (Fsp3) is 1.00. The van der Waals surface area contributed by atoms with Crippen LogP contribution in [0.15, 0.2) is 0 Å². The summed E-state index contributed by atoms with van der Waals surface area (Å²) in [7, 11) is 0. The minimum atomic E-state index is -4.79. The van der Waals surface area contributed by atoms with Crippen LogP contribution in [-0.4, -0.2) is 17.4 Å². The van der Waals surface area contributed by atoms with Gasteiger partial charge in [-0.05, 0) is 0 Å². The fourth-order valence-electron chi connectivity index (χ4n) is 0.341. The van der Waals surface area contributed by atoms with E-state index >= 15 is 0 Å². The maximum absolute atomic E-state index is 11.9. The van der Waals surface area contributed by atoms with Gasteiger partial charge in [-0.1, -0.05) is 15.9 Å². The van der Waals surface area contributed by atoms with Crippen LogP contribution in [0.5, 0.6) is 0 Å². The van der Waals surface area contributed by atoms with Crippen LogP contribution < -0.4 is 0 Å². The van der Waals surface area contributed by atoms with Gasteiger partial charge in [0.15, 0.2) is 0 Å². The zero-order valence-electron chi connectivity index (χ0n) is 4.68. The Bertz CT molecular complexity index is 107. The highest BCUT2D eigenvalue weighted by molar-refractivity contribution is 9.09. The van der Waals surface area contributed by atoms with Crippen molar-refractivity contribution in [1.29, 1.82) is 0 Å². The molecule has 0 aromatic rings. The summed E-state index contributed by atoms with van der Waals surface area (Å²) in [4.78, 5) is 0. The van der Waals surface area contributed by atoms with E-state index < -0.39 is 23.8 Å². The third kappa shape index (κ3) is 4.96. The minimum absolute atomic E-state index is 0.959.